The lowest BCUT2D eigenvalue weighted by Crippen LogP contribution is -1.91. The van der Waals surface area contributed by atoms with Crippen molar-refractivity contribution in [2.24, 2.45) is 0 Å². The monoisotopic (exact) mass is 336 g/mol. The fraction of sp³-hybridized carbons (Fsp3) is 0.250. The van der Waals surface area contributed by atoms with E-state index in [9.17, 15) is 5.11 Å². The third-order valence-electron chi connectivity index (χ3n) is 2.99. The molecule has 0 saturated carbocycles. The average Bonchev–Trinajstić information content (AvgIpc) is 2.34. The Hall–Kier alpha value is -0.770. The van der Waals surface area contributed by atoms with Crippen LogP contribution in [0.5, 0.6) is 0 Å². The van der Waals surface area contributed by atoms with Crippen LogP contribution in [0.15, 0.2) is 50.7 Å². The first-order chi connectivity index (χ1) is 8.97. The molecule has 0 heterocycles. The van der Waals surface area contributed by atoms with Crippen LogP contribution in [0.3, 0.4) is 0 Å². The van der Waals surface area contributed by atoms with Crippen LogP contribution in [0.1, 0.15) is 29.7 Å². The van der Waals surface area contributed by atoms with E-state index in [4.69, 9.17) is 0 Å². The van der Waals surface area contributed by atoms with E-state index >= 15 is 0 Å². The fourth-order valence-corrected chi connectivity index (χ4v) is 3.42. The molecule has 2 aromatic rings. The molecule has 19 heavy (non-hydrogen) atoms. The van der Waals surface area contributed by atoms with Gasteiger partial charge >= 0.3 is 0 Å². The summed E-state index contributed by atoms with van der Waals surface area (Å²) in [5, 5.41) is 9.58. The third kappa shape index (κ3) is 3.62. The second-order valence-corrected chi connectivity index (χ2v) is 6.67. The minimum atomic E-state index is -0.434. The summed E-state index contributed by atoms with van der Waals surface area (Å²) in [6.45, 7) is 6.01. The van der Waals surface area contributed by atoms with E-state index in [1.165, 1.54) is 16.0 Å². The maximum absolute atomic E-state index is 9.58. The zero-order chi connectivity index (χ0) is 14.0. The van der Waals surface area contributed by atoms with Gasteiger partial charge in [-0.1, -0.05) is 35.5 Å². The van der Waals surface area contributed by atoms with Gasteiger partial charge in [0.25, 0.3) is 0 Å². The van der Waals surface area contributed by atoms with Crippen LogP contribution in [0.4, 0.5) is 0 Å². The highest BCUT2D eigenvalue weighted by molar-refractivity contribution is 9.10. The van der Waals surface area contributed by atoms with Crippen LogP contribution in [0, 0.1) is 13.8 Å². The fourth-order valence-electron chi connectivity index (χ4n) is 1.89. The van der Waals surface area contributed by atoms with E-state index in [-0.39, 0.29) is 0 Å². The molecule has 0 fully saturated rings. The molecule has 0 spiro atoms. The average molecular weight is 337 g/mol. The number of halogens is 1. The number of hydrogen-bond donors (Lipinski definition) is 1. The summed E-state index contributed by atoms with van der Waals surface area (Å²) < 4.78 is 1.02. The van der Waals surface area contributed by atoms with Gasteiger partial charge in [0.15, 0.2) is 0 Å². The molecule has 3 heteroatoms. The van der Waals surface area contributed by atoms with Gasteiger partial charge in [0.1, 0.15) is 0 Å². The molecule has 0 radical (unpaired) electrons. The topological polar surface area (TPSA) is 20.2 Å². The van der Waals surface area contributed by atoms with Gasteiger partial charge in [0.2, 0.25) is 0 Å². The molecule has 0 saturated heterocycles. The van der Waals surface area contributed by atoms with Crippen LogP contribution in [-0.2, 0) is 0 Å². The van der Waals surface area contributed by atoms with Crippen molar-refractivity contribution in [3.05, 3.63) is 57.6 Å². The molecule has 1 N–H and O–H groups in total. The van der Waals surface area contributed by atoms with Gasteiger partial charge in [0, 0.05) is 14.3 Å². The van der Waals surface area contributed by atoms with E-state index in [0.29, 0.717) is 0 Å². The summed E-state index contributed by atoms with van der Waals surface area (Å²) >= 11 is 5.32. The summed E-state index contributed by atoms with van der Waals surface area (Å²) in [6, 6.07) is 12.5. The Balaban J connectivity index is 2.28. The van der Waals surface area contributed by atoms with Crippen LogP contribution in [0.25, 0.3) is 0 Å². The molecular formula is C16H17BrOS. The lowest BCUT2D eigenvalue weighted by Gasteiger charge is -2.11. The molecule has 0 aliphatic heterocycles. The van der Waals surface area contributed by atoms with Crippen molar-refractivity contribution < 1.29 is 5.11 Å². The number of aryl methyl sites for hydroxylation is 2. The molecule has 1 atom stereocenters. The predicted octanol–water partition coefficient (Wildman–Crippen LogP) is 5.27. The molecule has 100 valence electrons. The summed E-state index contributed by atoms with van der Waals surface area (Å²) in [6.07, 6.45) is -0.434. The van der Waals surface area contributed by atoms with E-state index in [2.05, 4.69) is 54.0 Å². The molecule has 0 aliphatic rings. The van der Waals surface area contributed by atoms with Gasteiger partial charge in [0.05, 0.1) is 6.10 Å². The van der Waals surface area contributed by atoms with Crippen LogP contribution < -0.4 is 0 Å². The van der Waals surface area contributed by atoms with Crippen molar-refractivity contribution in [3.63, 3.8) is 0 Å². The quantitative estimate of drug-likeness (QED) is 0.823. The molecule has 0 aliphatic carbocycles. The number of aliphatic hydroxyl groups excluding tert-OH is 1. The smallest absolute Gasteiger partial charge is 0.0762 e. The highest BCUT2D eigenvalue weighted by Gasteiger charge is 2.08. The lowest BCUT2D eigenvalue weighted by atomic mass is 10.1. The van der Waals surface area contributed by atoms with Gasteiger partial charge in [-0.2, -0.15) is 0 Å². The molecule has 2 rings (SSSR count). The minimum Gasteiger partial charge on any atom is -0.389 e. The Morgan fingerprint density at radius 2 is 1.74 bits per heavy atom. The second-order valence-electron chi connectivity index (χ2n) is 4.74. The van der Waals surface area contributed by atoms with Gasteiger partial charge in [-0.25, -0.2) is 0 Å². The first kappa shape index (κ1) is 14.6. The Labute approximate surface area is 127 Å². The maximum atomic E-state index is 9.58. The van der Waals surface area contributed by atoms with Crippen LogP contribution >= 0.6 is 27.7 Å². The molecule has 1 unspecified atom stereocenters. The summed E-state index contributed by atoms with van der Waals surface area (Å²) in [4.78, 5) is 2.42. The summed E-state index contributed by atoms with van der Waals surface area (Å²) in [7, 11) is 0. The van der Waals surface area contributed by atoms with Gasteiger partial charge < -0.3 is 5.11 Å². The van der Waals surface area contributed by atoms with E-state index < -0.39 is 6.10 Å². The molecule has 0 bridgehead atoms. The zero-order valence-corrected chi connectivity index (χ0v) is 13.7. The number of hydrogen-bond acceptors (Lipinski definition) is 2. The molecule has 2 aromatic carbocycles. The number of aliphatic hydroxyl groups is 1. The van der Waals surface area contributed by atoms with Crippen molar-refractivity contribution in [1.29, 1.82) is 0 Å². The zero-order valence-electron chi connectivity index (χ0n) is 11.3. The van der Waals surface area contributed by atoms with E-state index in [0.717, 1.165) is 14.9 Å². The highest BCUT2D eigenvalue weighted by Crippen LogP contribution is 2.36. The summed E-state index contributed by atoms with van der Waals surface area (Å²) in [5.41, 5.74) is 3.50. The van der Waals surface area contributed by atoms with Gasteiger partial charge in [-0.15, -0.1) is 0 Å². The number of benzene rings is 2. The van der Waals surface area contributed by atoms with Crippen molar-refractivity contribution in [2.45, 2.75) is 36.7 Å². The van der Waals surface area contributed by atoms with E-state index in [1.807, 2.05) is 12.1 Å². The standard InChI is InChI=1S/C16H17BrOS/c1-10-4-6-15(11(2)8-10)19-16-7-5-13(12(3)18)9-14(16)17/h4-9,12,18H,1-3H3. The molecule has 0 aromatic heterocycles. The first-order valence-electron chi connectivity index (χ1n) is 6.20. The number of rotatable bonds is 3. The second kappa shape index (κ2) is 6.12. The largest absolute Gasteiger partial charge is 0.389 e. The summed E-state index contributed by atoms with van der Waals surface area (Å²) in [5.74, 6) is 0. The normalized spacial score (nSPS) is 12.5. The Bertz CT molecular complexity index is 593. The van der Waals surface area contributed by atoms with Crippen molar-refractivity contribution in [3.8, 4) is 0 Å². The van der Waals surface area contributed by atoms with Crippen molar-refractivity contribution in [2.75, 3.05) is 0 Å². The third-order valence-corrected chi connectivity index (χ3v) is 5.16. The maximum Gasteiger partial charge on any atom is 0.0762 e. The van der Waals surface area contributed by atoms with Crippen molar-refractivity contribution >= 4 is 27.7 Å². The minimum absolute atomic E-state index is 0.434. The molecule has 1 nitrogen and oxygen atoms in total. The van der Waals surface area contributed by atoms with Crippen molar-refractivity contribution in [1.82, 2.24) is 0 Å². The predicted molar refractivity (Wildman–Crippen MR) is 84.8 cm³/mol. The lowest BCUT2D eigenvalue weighted by molar-refractivity contribution is 0.199. The Morgan fingerprint density at radius 3 is 2.32 bits per heavy atom. The molecule has 0 amide bonds. The van der Waals surface area contributed by atoms with Gasteiger partial charge in [-0.05, 0) is 66.0 Å². The van der Waals surface area contributed by atoms with E-state index in [1.54, 1.807) is 18.7 Å². The van der Waals surface area contributed by atoms with Crippen LogP contribution in [0.2, 0.25) is 0 Å². The first-order valence-corrected chi connectivity index (χ1v) is 7.81. The van der Waals surface area contributed by atoms with Crippen LogP contribution in [-0.4, -0.2) is 5.11 Å². The Kier molecular flexibility index (Phi) is 4.71. The highest BCUT2D eigenvalue weighted by atomic mass is 79.9. The Morgan fingerprint density at radius 1 is 1.05 bits per heavy atom. The molecular weight excluding hydrogens is 320 g/mol. The van der Waals surface area contributed by atoms with Gasteiger partial charge in [-0.3, -0.25) is 0 Å². The SMILES string of the molecule is Cc1ccc(Sc2ccc(C(C)O)cc2Br)c(C)c1.